The lowest BCUT2D eigenvalue weighted by Gasteiger charge is -2.42. The molecule has 1 saturated heterocycles. The van der Waals surface area contributed by atoms with Crippen LogP contribution in [0.4, 0.5) is 10.1 Å². The van der Waals surface area contributed by atoms with Gasteiger partial charge in [-0.2, -0.15) is 4.31 Å². The van der Waals surface area contributed by atoms with Gasteiger partial charge in [-0.05, 0) is 66.9 Å². The van der Waals surface area contributed by atoms with Crippen LogP contribution >= 0.6 is 0 Å². The number of aromatic nitrogens is 1. The second-order valence-electron chi connectivity index (χ2n) is 8.51. The topological polar surface area (TPSA) is 88.5 Å². The molecule has 2 aliphatic heterocycles. The fourth-order valence-corrected chi connectivity index (χ4v) is 6.27. The van der Waals surface area contributed by atoms with E-state index in [0.29, 0.717) is 30.9 Å². The summed E-state index contributed by atoms with van der Waals surface area (Å²) in [6.45, 7) is 1.21. The summed E-state index contributed by atoms with van der Waals surface area (Å²) in [4.78, 5) is 24.6. The van der Waals surface area contributed by atoms with Gasteiger partial charge in [-0.15, -0.1) is 0 Å². The third-order valence-electron chi connectivity index (χ3n) is 6.30. The molecule has 3 heterocycles. The van der Waals surface area contributed by atoms with Crippen molar-refractivity contribution in [2.45, 2.75) is 23.8 Å². The van der Waals surface area contributed by atoms with Gasteiger partial charge in [-0.3, -0.25) is 9.59 Å². The van der Waals surface area contributed by atoms with Gasteiger partial charge in [-0.1, -0.05) is 6.07 Å². The van der Waals surface area contributed by atoms with E-state index >= 15 is 0 Å². The molecule has 0 spiro atoms. The van der Waals surface area contributed by atoms with Crippen LogP contribution in [-0.2, 0) is 16.6 Å². The zero-order valence-corrected chi connectivity index (χ0v) is 18.5. The SMILES string of the molecule is O=C(Nc1ccc(S(=O)(=O)N2C[C@@H]3C[C@H](C2)c2cccc(=O)n2C3)cc1)c1ccc(F)cc1. The number of pyridine rings is 1. The zero-order valence-electron chi connectivity index (χ0n) is 17.6. The number of nitrogens with one attached hydrogen (secondary N) is 1. The highest BCUT2D eigenvalue weighted by atomic mass is 32.2. The van der Waals surface area contributed by atoms with Crippen LogP contribution in [0.15, 0.2) is 76.4 Å². The lowest BCUT2D eigenvalue weighted by atomic mass is 9.84. The number of hydrogen-bond acceptors (Lipinski definition) is 4. The molecule has 1 N–H and O–H groups in total. The van der Waals surface area contributed by atoms with E-state index in [0.717, 1.165) is 12.1 Å². The number of nitrogens with zero attached hydrogens (tertiary/aromatic N) is 2. The maximum absolute atomic E-state index is 13.3. The number of piperidine rings is 1. The second kappa shape index (κ2) is 8.24. The first-order chi connectivity index (χ1) is 15.8. The first-order valence-corrected chi connectivity index (χ1v) is 12.1. The summed E-state index contributed by atoms with van der Waals surface area (Å²) in [6, 6.07) is 16.3. The molecule has 1 aromatic heterocycles. The molecule has 2 aliphatic rings. The summed E-state index contributed by atoms with van der Waals surface area (Å²) in [6.07, 6.45) is 0.865. The van der Waals surface area contributed by atoms with Crippen molar-refractivity contribution in [3.63, 3.8) is 0 Å². The minimum atomic E-state index is -3.73. The number of amides is 1. The van der Waals surface area contributed by atoms with Gasteiger partial charge in [0.2, 0.25) is 10.0 Å². The van der Waals surface area contributed by atoms with Crippen LogP contribution in [0.3, 0.4) is 0 Å². The Hall–Kier alpha value is -3.30. The van der Waals surface area contributed by atoms with Gasteiger partial charge >= 0.3 is 0 Å². The Balaban J connectivity index is 1.33. The minimum Gasteiger partial charge on any atom is -0.322 e. The molecular formula is C24H22FN3O4S. The summed E-state index contributed by atoms with van der Waals surface area (Å²) < 4.78 is 42.9. The van der Waals surface area contributed by atoms with E-state index in [2.05, 4.69) is 5.32 Å². The van der Waals surface area contributed by atoms with Gasteiger partial charge in [0.15, 0.2) is 0 Å². The number of fused-ring (bicyclic) bond motifs is 4. The van der Waals surface area contributed by atoms with Crippen molar-refractivity contribution >= 4 is 21.6 Å². The third kappa shape index (κ3) is 4.09. The number of anilines is 1. The van der Waals surface area contributed by atoms with Gasteiger partial charge in [0.05, 0.1) is 4.90 Å². The highest BCUT2D eigenvalue weighted by Gasteiger charge is 2.39. The molecule has 9 heteroatoms. The van der Waals surface area contributed by atoms with E-state index in [1.807, 2.05) is 6.07 Å². The average molecular weight is 468 g/mol. The van der Waals surface area contributed by atoms with E-state index in [4.69, 9.17) is 0 Å². The molecule has 0 radical (unpaired) electrons. The van der Waals surface area contributed by atoms with Crippen molar-refractivity contribution in [1.82, 2.24) is 8.87 Å². The molecule has 0 unspecified atom stereocenters. The van der Waals surface area contributed by atoms with Gasteiger partial charge in [0, 0.05) is 48.6 Å². The first-order valence-electron chi connectivity index (χ1n) is 10.7. The minimum absolute atomic E-state index is 0.0181. The van der Waals surface area contributed by atoms with Crippen molar-refractivity contribution < 1.29 is 17.6 Å². The number of carbonyl (C=O) groups excluding carboxylic acids is 1. The molecule has 1 fully saturated rings. The van der Waals surface area contributed by atoms with Crippen LogP contribution < -0.4 is 10.9 Å². The Bertz CT molecular complexity index is 1370. The molecule has 2 bridgehead atoms. The molecule has 170 valence electrons. The van der Waals surface area contributed by atoms with E-state index in [9.17, 15) is 22.4 Å². The third-order valence-corrected chi connectivity index (χ3v) is 8.15. The predicted octanol–water partition coefficient (Wildman–Crippen LogP) is 3.05. The van der Waals surface area contributed by atoms with Crippen LogP contribution in [0.5, 0.6) is 0 Å². The number of hydrogen-bond donors (Lipinski definition) is 1. The summed E-state index contributed by atoms with van der Waals surface area (Å²) in [5.74, 6) is -0.780. The smallest absolute Gasteiger partial charge is 0.255 e. The van der Waals surface area contributed by atoms with Gasteiger partial charge in [0.25, 0.3) is 11.5 Å². The Kier molecular flexibility index (Phi) is 5.38. The molecule has 33 heavy (non-hydrogen) atoms. The second-order valence-corrected chi connectivity index (χ2v) is 10.4. The Labute approximate surface area is 190 Å². The van der Waals surface area contributed by atoms with Gasteiger partial charge in [-0.25, -0.2) is 12.8 Å². The van der Waals surface area contributed by atoms with Crippen LogP contribution in [0.1, 0.15) is 28.4 Å². The fraction of sp³-hybridized carbons (Fsp3) is 0.250. The number of sulfonamides is 1. The molecule has 1 amide bonds. The van der Waals surface area contributed by atoms with Gasteiger partial charge < -0.3 is 9.88 Å². The van der Waals surface area contributed by atoms with Crippen LogP contribution in [0, 0.1) is 11.7 Å². The molecule has 3 aromatic rings. The van der Waals surface area contributed by atoms with Crippen LogP contribution in [0.2, 0.25) is 0 Å². The highest BCUT2D eigenvalue weighted by molar-refractivity contribution is 7.89. The number of carbonyl (C=O) groups is 1. The lowest BCUT2D eigenvalue weighted by molar-refractivity contribution is 0.102. The monoisotopic (exact) mass is 467 g/mol. The van der Waals surface area contributed by atoms with Crippen molar-refractivity contribution in [3.05, 3.63) is 94.2 Å². The van der Waals surface area contributed by atoms with Crippen LogP contribution in [0.25, 0.3) is 0 Å². The number of benzene rings is 2. The van der Waals surface area contributed by atoms with Crippen molar-refractivity contribution in [2.75, 3.05) is 18.4 Å². The van der Waals surface area contributed by atoms with Crippen molar-refractivity contribution in [3.8, 4) is 0 Å². The van der Waals surface area contributed by atoms with E-state index in [-0.39, 0.29) is 22.3 Å². The fourth-order valence-electron chi connectivity index (χ4n) is 4.71. The standard InChI is InChI=1S/C24H22FN3O4S/c25-19-6-4-17(5-7-19)24(30)26-20-8-10-21(11-9-20)33(31,32)27-13-16-12-18(15-27)22-2-1-3-23(29)28(22)14-16/h1-11,16,18H,12-15H2,(H,26,30)/t16-,18+/m0/s1. The van der Waals surface area contributed by atoms with Crippen LogP contribution in [-0.4, -0.2) is 36.3 Å². The van der Waals surface area contributed by atoms with E-state index in [1.54, 1.807) is 10.6 Å². The summed E-state index contributed by atoms with van der Waals surface area (Å²) in [5.41, 5.74) is 1.58. The maximum atomic E-state index is 13.3. The summed E-state index contributed by atoms with van der Waals surface area (Å²) in [7, 11) is -3.73. The Morgan fingerprint density at radius 2 is 1.67 bits per heavy atom. The van der Waals surface area contributed by atoms with E-state index in [1.165, 1.54) is 58.9 Å². The summed E-state index contributed by atoms with van der Waals surface area (Å²) in [5, 5.41) is 2.68. The molecule has 2 atom stereocenters. The molecule has 7 nitrogen and oxygen atoms in total. The Morgan fingerprint density at radius 1 is 0.939 bits per heavy atom. The molecule has 0 saturated carbocycles. The van der Waals surface area contributed by atoms with Crippen molar-refractivity contribution in [1.29, 1.82) is 0 Å². The Morgan fingerprint density at radius 3 is 2.39 bits per heavy atom. The largest absolute Gasteiger partial charge is 0.322 e. The highest BCUT2D eigenvalue weighted by Crippen LogP contribution is 2.37. The maximum Gasteiger partial charge on any atom is 0.255 e. The van der Waals surface area contributed by atoms with Crippen molar-refractivity contribution in [2.24, 2.45) is 5.92 Å². The lowest BCUT2D eigenvalue weighted by Crippen LogP contribution is -2.48. The molecular weight excluding hydrogens is 445 g/mol. The zero-order chi connectivity index (χ0) is 23.2. The van der Waals surface area contributed by atoms with Gasteiger partial charge in [0.1, 0.15) is 5.82 Å². The number of rotatable bonds is 4. The first kappa shape index (κ1) is 21.5. The molecule has 0 aliphatic carbocycles. The van der Waals surface area contributed by atoms with E-state index < -0.39 is 21.7 Å². The average Bonchev–Trinajstić information content (AvgIpc) is 2.80. The molecule has 2 aromatic carbocycles. The normalized spacial score (nSPS) is 20.2. The number of halogens is 1. The quantitative estimate of drug-likeness (QED) is 0.639. The molecule has 5 rings (SSSR count). The summed E-state index contributed by atoms with van der Waals surface area (Å²) >= 11 is 0. The predicted molar refractivity (Wildman–Crippen MR) is 121 cm³/mol.